The summed E-state index contributed by atoms with van der Waals surface area (Å²) in [5.74, 6) is 0.145. The average molecular weight is 347 g/mol. The van der Waals surface area contributed by atoms with Crippen LogP contribution in [0.4, 0.5) is 0 Å². The van der Waals surface area contributed by atoms with Gasteiger partial charge in [-0.15, -0.1) is 11.8 Å². The molecule has 1 unspecified atom stereocenters. The summed E-state index contributed by atoms with van der Waals surface area (Å²) in [7, 11) is 0. The first-order valence-electron chi connectivity index (χ1n) is 7.94. The second kappa shape index (κ2) is 6.55. The molecule has 6 nitrogen and oxygen atoms in total. The highest BCUT2D eigenvalue weighted by Crippen LogP contribution is 2.43. The van der Waals surface area contributed by atoms with Gasteiger partial charge in [0, 0.05) is 11.1 Å². The maximum atomic E-state index is 12.5. The van der Waals surface area contributed by atoms with Crippen LogP contribution < -0.4 is 0 Å². The van der Waals surface area contributed by atoms with E-state index in [0.29, 0.717) is 17.4 Å². The van der Waals surface area contributed by atoms with E-state index < -0.39 is 11.5 Å². The van der Waals surface area contributed by atoms with Crippen molar-refractivity contribution in [2.75, 3.05) is 6.26 Å². The molecule has 0 radical (unpaired) electrons. The van der Waals surface area contributed by atoms with E-state index >= 15 is 0 Å². The maximum absolute atomic E-state index is 12.5. The number of aromatic nitrogens is 3. The van der Waals surface area contributed by atoms with Crippen LogP contribution in [0.2, 0.25) is 0 Å². The second-order valence-corrected chi connectivity index (χ2v) is 7.77. The van der Waals surface area contributed by atoms with E-state index in [9.17, 15) is 4.79 Å². The summed E-state index contributed by atoms with van der Waals surface area (Å²) < 4.78 is 10.9. The highest BCUT2D eigenvalue weighted by molar-refractivity contribution is 7.98. The topological polar surface area (TPSA) is 78.1 Å². The molecule has 2 aromatic heterocycles. The number of thioether (sulfide) groups is 1. The minimum Gasteiger partial charge on any atom is -0.459 e. The molecule has 0 bridgehead atoms. The summed E-state index contributed by atoms with van der Waals surface area (Å²) >= 11 is 1.62. The quantitative estimate of drug-likeness (QED) is 0.603. The summed E-state index contributed by atoms with van der Waals surface area (Å²) in [6.45, 7) is 5.56. The molecule has 128 valence electrons. The Balaban J connectivity index is 1.82. The Morgan fingerprint density at radius 2 is 2.12 bits per heavy atom. The normalized spacial score (nSPS) is 16.0. The van der Waals surface area contributed by atoms with Crippen molar-refractivity contribution in [1.29, 1.82) is 0 Å². The Morgan fingerprint density at radius 3 is 2.67 bits per heavy atom. The number of carbonyl (C=O) groups excluding carboxylic acids is 1. The van der Waals surface area contributed by atoms with E-state index in [1.165, 1.54) is 0 Å². The van der Waals surface area contributed by atoms with Crippen LogP contribution in [0.15, 0.2) is 27.7 Å². The van der Waals surface area contributed by atoms with Gasteiger partial charge in [-0.3, -0.25) is 9.78 Å². The molecule has 0 saturated heterocycles. The summed E-state index contributed by atoms with van der Waals surface area (Å²) in [5, 5.41) is 3.99. The van der Waals surface area contributed by atoms with Crippen LogP contribution in [-0.2, 0) is 9.53 Å². The maximum Gasteiger partial charge on any atom is 0.319 e. The third kappa shape index (κ3) is 3.95. The van der Waals surface area contributed by atoms with Crippen LogP contribution in [0.3, 0.4) is 0 Å². The van der Waals surface area contributed by atoms with Crippen LogP contribution in [0.1, 0.15) is 45.4 Å². The van der Waals surface area contributed by atoms with Crippen LogP contribution in [-0.4, -0.2) is 33.0 Å². The fourth-order valence-electron chi connectivity index (χ4n) is 2.39. The Morgan fingerprint density at radius 1 is 1.38 bits per heavy atom. The molecule has 1 saturated carbocycles. The zero-order chi connectivity index (χ0) is 17.3. The van der Waals surface area contributed by atoms with Crippen LogP contribution in [0.5, 0.6) is 0 Å². The lowest BCUT2D eigenvalue weighted by atomic mass is 10.0. The predicted molar refractivity (Wildman–Crippen MR) is 90.6 cm³/mol. The average Bonchev–Trinajstić information content (AvgIpc) is 3.22. The number of hydrogen-bond donors (Lipinski definition) is 0. The summed E-state index contributed by atoms with van der Waals surface area (Å²) in [6.07, 6.45) is 5.71. The lowest BCUT2D eigenvalue weighted by molar-refractivity contribution is -0.158. The number of nitrogens with zero attached hydrogens (tertiary/aromatic N) is 3. The first-order chi connectivity index (χ1) is 11.4. The van der Waals surface area contributed by atoms with E-state index in [2.05, 4.69) is 15.1 Å². The van der Waals surface area contributed by atoms with Gasteiger partial charge in [0.2, 0.25) is 11.7 Å². The zero-order valence-corrected chi connectivity index (χ0v) is 15.1. The van der Waals surface area contributed by atoms with Gasteiger partial charge in [-0.1, -0.05) is 5.16 Å². The lowest BCUT2D eigenvalue weighted by Crippen LogP contribution is -2.28. The van der Waals surface area contributed by atoms with Crippen molar-refractivity contribution in [3.8, 4) is 11.5 Å². The van der Waals surface area contributed by atoms with E-state index in [1.807, 2.05) is 39.2 Å². The third-order valence-electron chi connectivity index (χ3n) is 3.66. The van der Waals surface area contributed by atoms with Crippen molar-refractivity contribution in [1.82, 2.24) is 15.1 Å². The molecule has 3 rings (SSSR count). The molecule has 7 heteroatoms. The fourth-order valence-corrected chi connectivity index (χ4v) is 2.75. The first-order valence-corrected chi connectivity index (χ1v) is 9.17. The summed E-state index contributed by atoms with van der Waals surface area (Å²) in [6, 6.07) is 3.80. The molecule has 0 aliphatic heterocycles. The van der Waals surface area contributed by atoms with Gasteiger partial charge in [0.1, 0.15) is 17.2 Å². The molecule has 1 atom stereocenters. The molecule has 0 N–H and O–H groups in total. The largest absolute Gasteiger partial charge is 0.459 e. The van der Waals surface area contributed by atoms with E-state index in [4.69, 9.17) is 9.26 Å². The summed E-state index contributed by atoms with van der Waals surface area (Å²) in [5.41, 5.74) is 0.0870. The molecule has 24 heavy (non-hydrogen) atoms. The molecule has 1 aliphatic carbocycles. The van der Waals surface area contributed by atoms with Gasteiger partial charge in [-0.05, 0) is 57.9 Å². The highest BCUT2D eigenvalue weighted by atomic mass is 32.2. The first kappa shape index (κ1) is 17.0. The van der Waals surface area contributed by atoms with Crippen molar-refractivity contribution >= 4 is 17.7 Å². The molecule has 0 aromatic carbocycles. The molecule has 0 amide bonds. The predicted octanol–water partition coefficient (Wildman–Crippen LogP) is 3.69. The zero-order valence-electron chi connectivity index (χ0n) is 14.3. The Kier molecular flexibility index (Phi) is 4.62. The van der Waals surface area contributed by atoms with Gasteiger partial charge in [-0.2, -0.15) is 4.98 Å². The van der Waals surface area contributed by atoms with Crippen LogP contribution >= 0.6 is 11.8 Å². The minimum atomic E-state index is -0.539. The fraction of sp³-hybridized carbons (Fsp3) is 0.529. The standard InChI is InChI=1S/C17H21N3O3S/c1-17(2,3)22-16(21)13(10-5-6-10)15-19-14(20-23-15)12-8-7-11(24-4)9-18-12/h7-10,13H,5-6H2,1-4H3. The number of hydrogen-bond acceptors (Lipinski definition) is 7. The number of esters is 1. The van der Waals surface area contributed by atoms with E-state index in [-0.39, 0.29) is 11.9 Å². The SMILES string of the molecule is CSc1ccc(-c2noc(C(C(=O)OC(C)(C)C)C3CC3)n2)nc1. The van der Waals surface area contributed by atoms with Gasteiger partial charge < -0.3 is 9.26 Å². The molecule has 0 spiro atoms. The molecule has 2 aromatic rings. The van der Waals surface area contributed by atoms with Crippen molar-refractivity contribution in [3.05, 3.63) is 24.2 Å². The third-order valence-corrected chi connectivity index (χ3v) is 4.38. The molecule has 1 aliphatic rings. The second-order valence-electron chi connectivity index (χ2n) is 6.89. The van der Waals surface area contributed by atoms with Gasteiger partial charge in [0.15, 0.2) is 0 Å². The smallest absolute Gasteiger partial charge is 0.319 e. The minimum absolute atomic E-state index is 0.222. The Labute approximate surface area is 145 Å². The van der Waals surface area contributed by atoms with Crippen LogP contribution in [0, 0.1) is 5.92 Å². The monoisotopic (exact) mass is 347 g/mol. The van der Waals surface area contributed by atoms with Crippen molar-refractivity contribution < 1.29 is 14.1 Å². The van der Waals surface area contributed by atoms with Crippen LogP contribution in [0.25, 0.3) is 11.5 Å². The molecular weight excluding hydrogens is 326 g/mol. The van der Waals surface area contributed by atoms with Gasteiger partial charge in [-0.25, -0.2) is 0 Å². The molecule has 1 fully saturated rings. The Hall–Kier alpha value is -1.89. The van der Waals surface area contributed by atoms with Gasteiger partial charge in [0.05, 0.1) is 0 Å². The lowest BCUT2D eigenvalue weighted by Gasteiger charge is -2.22. The number of ether oxygens (including phenoxy) is 1. The van der Waals surface area contributed by atoms with E-state index in [0.717, 1.165) is 17.7 Å². The number of pyridine rings is 1. The van der Waals surface area contributed by atoms with Gasteiger partial charge in [0.25, 0.3) is 0 Å². The van der Waals surface area contributed by atoms with Crippen molar-refractivity contribution in [2.24, 2.45) is 5.92 Å². The number of carbonyl (C=O) groups is 1. The van der Waals surface area contributed by atoms with E-state index in [1.54, 1.807) is 18.0 Å². The number of rotatable bonds is 5. The Bertz CT molecular complexity index is 717. The van der Waals surface area contributed by atoms with Gasteiger partial charge >= 0.3 is 5.97 Å². The summed E-state index contributed by atoms with van der Waals surface area (Å²) in [4.78, 5) is 22.3. The molecular formula is C17H21N3O3S. The van der Waals surface area contributed by atoms with Crippen molar-refractivity contribution in [3.63, 3.8) is 0 Å². The van der Waals surface area contributed by atoms with Crippen molar-refractivity contribution in [2.45, 2.75) is 50.0 Å². The highest BCUT2D eigenvalue weighted by Gasteiger charge is 2.43. The molecule has 2 heterocycles.